The van der Waals surface area contributed by atoms with Crippen molar-refractivity contribution in [2.24, 2.45) is 0 Å². The summed E-state index contributed by atoms with van der Waals surface area (Å²) in [6.07, 6.45) is 2.18. The van der Waals surface area contributed by atoms with Crippen LogP contribution in [0.1, 0.15) is 16.7 Å². The van der Waals surface area contributed by atoms with Crippen LogP contribution in [0, 0.1) is 6.92 Å². The zero-order chi connectivity index (χ0) is 16.1. The van der Waals surface area contributed by atoms with Gasteiger partial charge >= 0.3 is 0 Å². The average molecular weight is 322 g/mol. The van der Waals surface area contributed by atoms with Crippen molar-refractivity contribution in [1.29, 1.82) is 0 Å². The lowest BCUT2D eigenvalue weighted by atomic mass is 10.1. The third-order valence-electron chi connectivity index (χ3n) is 3.57. The van der Waals surface area contributed by atoms with Crippen molar-refractivity contribution >= 4 is 17.2 Å². The van der Waals surface area contributed by atoms with Crippen molar-refractivity contribution < 1.29 is 4.79 Å². The van der Waals surface area contributed by atoms with E-state index in [0.29, 0.717) is 13.0 Å². The van der Waals surface area contributed by atoms with E-state index in [1.165, 1.54) is 5.56 Å². The number of pyridine rings is 1. The van der Waals surface area contributed by atoms with Gasteiger partial charge in [-0.1, -0.05) is 42.0 Å². The van der Waals surface area contributed by atoms with Crippen LogP contribution in [-0.4, -0.2) is 10.9 Å². The normalized spacial score (nSPS) is 10.5. The highest BCUT2D eigenvalue weighted by atomic mass is 32.1. The Labute approximate surface area is 140 Å². The molecule has 0 spiro atoms. The highest BCUT2D eigenvalue weighted by Crippen LogP contribution is 2.25. The van der Waals surface area contributed by atoms with E-state index in [1.54, 1.807) is 17.5 Å². The first-order valence-electron chi connectivity index (χ1n) is 7.52. The van der Waals surface area contributed by atoms with E-state index in [-0.39, 0.29) is 5.91 Å². The van der Waals surface area contributed by atoms with Crippen LogP contribution in [-0.2, 0) is 17.8 Å². The van der Waals surface area contributed by atoms with Gasteiger partial charge in [-0.15, -0.1) is 11.3 Å². The molecule has 0 radical (unpaired) electrons. The minimum Gasteiger partial charge on any atom is -0.352 e. The summed E-state index contributed by atoms with van der Waals surface area (Å²) in [6.45, 7) is 2.52. The van der Waals surface area contributed by atoms with Gasteiger partial charge in [0.15, 0.2) is 0 Å². The minimum atomic E-state index is 0.0246. The summed E-state index contributed by atoms with van der Waals surface area (Å²) in [5.41, 5.74) is 4.18. The van der Waals surface area contributed by atoms with Crippen molar-refractivity contribution in [3.05, 3.63) is 76.8 Å². The highest BCUT2D eigenvalue weighted by Gasteiger charge is 2.09. The number of carbonyl (C=O) groups excluding carboxylic acids is 1. The second kappa shape index (κ2) is 7.20. The van der Waals surface area contributed by atoms with Crippen LogP contribution in [0.3, 0.4) is 0 Å². The predicted octanol–water partition coefficient (Wildman–Crippen LogP) is 3.98. The van der Waals surface area contributed by atoms with Crippen molar-refractivity contribution in [1.82, 2.24) is 10.3 Å². The zero-order valence-electron chi connectivity index (χ0n) is 13.0. The van der Waals surface area contributed by atoms with E-state index >= 15 is 0 Å². The number of amides is 1. The molecule has 3 nitrogen and oxygen atoms in total. The molecule has 2 aromatic heterocycles. The lowest BCUT2D eigenvalue weighted by Gasteiger charge is -2.09. The Morgan fingerprint density at radius 1 is 1.17 bits per heavy atom. The number of aryl methyl sites for hydroxylation is 1. The molecule has 116 valence electrons. The smallest absolute Gasteiger partial charge is 0.224 e. The fraction of sp³-hybridized carbons (Fsp3) is 0.158. The molecule has 0 fully saturated rings. The summed E-state index contributed by atoms with van der Waals surface area (Å²) in [5, 5.41) is 5.03. The number of hydrogen-bond donors (Lipinski definition) is 1. The van der Waals surface area contributed by atoms with Gasteiger partial charge in [0.25, 0.3) is 0 Å². The molecule has 3 aromatic rings. The molecule has 1 amide bonds. The van der Waals surface area contributed by atoms with Gasteiger partial charge in [-0.2, -0.15) is 0 Å². The third-order valence-corrected chi connectivity index (χ3v) is 4.45. The number of carbonyl (C=O) groups is 1. The van der Waals surface area contributed by atoms with Gasteiger partial charge in [0.1, 0.15) is 0 Å². The van der Waals surface area contributed by atoms with Gasteiger partial charge in [0.2, 0.25) is 5.91 Å². The Hall–Kier alpha value is -2.46. The number of nitrogens with zero attached hydrogens (tertiary/aromatic N) is 1. The van der Waals surface area contributed by atoms with Crippen molar-refractivity contribution in [3.8, 4) is 10.6 Å². The number of nitrogens with one attached hydrogen (secondary N) is 1. The van der Waals surface area contributed by atoms with E-state index in [0.717, 1.165) is 21.7 Å². The fourth-order valence-electron chi connectivity index (χ4n) is 2.48. The molecule has 0 aliphatic rings. The number of benzene rings is 1. The number of thiophene rings is 1. The predicted molar refractivity (Wildman–Crippen MR) is 94.3 cm³/mol. The first kappa shape index (κ1) is 15.4. The fourth-order valence-corrected chi connectivity index (χ4v) is 3.24. The monoisotopic (exact) mass is 322 g/mol. The summed E-state index contributed by atoms with van der Waals surface area (Å²) < 4.78 is 0. The highest BCUT2D eigenvalue weighted by molar-refractivity contribution is 7.13. The Bertz CT molecular complexity index is 797. The minimum absolute atomic E-state index is 0.0246. The molecule has 0 bridgehead atoms. The van der Waals surface area contributed by atoms with E-state index in [2.05, 4.69) is 10.3 Å². The Morgan fingerprint density at radius 3 is 2.87 bits per heavy atom. The van der Waals surface area contributed by atoms with Crippen LogP contribution >= 0.6 is 11.3 Å². The van der Waals surface area contributed by atoms with Crippen LogP contribution in [0.4, 0.5) is 0 Å². The molecule has 0 saturated carbocycles. The summed E-state index contributed by atoms with van der Waals surface area (Å²) in [7, 11) is 0. The van der Waals surface area contributed by atoms with Crippen LogP contribution in [0.5, 0.6) is 0 Å². The first-order chi connectivity index (χ1) is 11.2. The lowest BCUT2D eigenvalue weighted by Crippen LogP contribution is -2.24. The molecule has 0 aliphatic heterocycles. The van der Waals surface area contributed by atoms with Gasteiger partial charge in [0.05, 0.1) is 17.0 Å². The Balaban J connectivity index is 1.66. The molecule has 3 rings (SSSR count). The number of aromatic nitrogens is 1. The van der Waals surface area contributed by atoms with Gasteiger partial charge in [-0.3, -0.25) is 9.78 Å². The van der Waals surface area contributed by atoms with Crippen molar-refractivity contribution in [3.63, 3.8) is 0 Å². The Kier molecular flexibility index (Phi) is 4.83. The molecular weight excluding hydrogens is 304 g/mol. The van der Waals surface area contributed by atoms with E-state index in [1.807, 2.05) is 60.8 Å². The summed E-state index contributed by atoms with van der Waals surface area (Å²) >= 11 is 1.65. The molecule has 0 aliphatic carbocycles. The van der Waals surface area contributed by atoms with Gasteiger partial charge in [-0.25, -0.2) is 0 Å². The molecule has 4 heteroatoms. The van der Waals surface area contributed by atoms with E-state index < -0.39 is 0 Å². The maximum Gasteiger partial charge on any atom is 0.224 e. The van der Waals surface area contributed by atoms with Gasteiger partial charge < -0.3 is 5.32 Å². The van der Waals surface area contributed by atoms with Gasteiger partial charge in [0, 0.05) is 12.7 Å². The molecule has 0 atom stereocenters. The molecule has 1 aromatic carbocycles. The third kappa shape index (κ3) is 4.05. The summed E-state index contributed by atoms with van der Waals surface area (Å²) in [6, 6.07) is 16.0. The summed E-state index contributed by atoms with van der Waals surface area (Å²) in [5.74, 6) is 0.0246. The quantitative estimate of drug-likeness (QED) is 0.772. The maximum atomic E-state index is 12.2. The lowest BCUT2D eigenvalue weighted by molar-refractivity contribution is -0.120. The molecule has 0 unspecified atom stereocenters. The van der Waals surface area contributed by atoms with E-state index in [4.69, 9.17) is 0 Å². The second-order valence-electron chi connectivity index (χ2n) is 5.43. The second-order valence-corrected chi connectivity index (χ2v) is 6.38. The summed E-state index contributed by atoms with van der Waals surface area (Å²) in [4.78, 5) is 17.7. The van der Waals surface area contributed by atoms with Crippen molar-refractivity contribution in [2.45, 2.75) is 19.9 Å². The molecular formula is C19H18N2OS. The largest absolute Gasteiger partial charge is 0.352 e. The van der Waals surface area contributed by atoms with Crippen LogP contribution in [0.15, 0.2) is 60.1 Å². The van der Waals surface area contributed by atoms with Crippen LogP contribution < -0.4 is 5.32 Å². The first-order valence-corrected chi connectivity index (χ1v) is 8.40. The van der Waals surface area contributed by atoms with Gasteiger partial charge in [-0.05, 0) is 35.6 Å². The van der Waals surface area contributed by atoms with Crippen molar-refractivity contribution in [2.75, 3.05) is 0 Å². The SMILES string of the molecule is Cc1cccc(CC(=O)NCc2cccnc2-c2cccs2)c1. The molecule has 2 heterocycles. The standard InChI is InChI=1S/C19H18N2OS/c1-14-5-2-6-15(11-14)12-18(22)21-13-16-7-3-9-20-19(16)17-8-4-10-23-17/h2-11H,12-13H2,1H3,(H,21,22). The van der Waals surface area contributed by atoms with Crippen LogP contribution in [0.25, 0.3) is 10.6 Å². The number of hydrogen-bond acceptors (Lipinski definition) is 3. The average Bonchev–Trinajstić information content (AvgIpc) is 3.07. The maximum absolute atomic E-state index is 12.2. The number of rotatable bonds is 5. The Morgan fingerprint density at radius 2 is 2.09 bits per heavy atom. The molecule has 1 N–H and O–H groups in total. The topological polar surface area (TPSA) is 42.0 Å². The van der Waals surface area contributed by atoms with Crippen LogP contribution in [0.2, 0.25) is 0 Å². The van der Waals surface area contributed by atoms with E-state index in [9.17, 15) is 4.79 Å². The zero-order valence-corrected chi connectivity index (χ0v) is 13.8. The molecule has 0 saturated heterocycles. The molecule has 23 heavy (non-hydrogen) atoms.